The van der Waals surface area contributed by atoms with Crippen molar-refractivity contribution in [3.63, 3.8) is 0 Å². The minimum absolute atomic E-state index is 0.000301. The van der Waals surface area contributed by atoms with Crippen LogP contribution in [-0.4, -0.2) is 50.7 Å². The molecular formula is C37H30N2O7. The Bertz CT molecular complexity index is 1880. The molecule has 1 spiro atoms. The molecule has 7 rings (SSSR count). The number of nitrogens with zero attached hydrogens (tertiary/aromatic N) is 1. The third-order valence-corrected chi connectivity index (χ3v) is 9.25. The van der Waals surface area contributed by atoms with Gasteiger partial charge in [0.05, 0.1) is 18.7 Å². The Morgan fingerprint density at radius 1 is 0.870 bits per heavy atom. The van der Waals surface area contributed by atoms with Crippen LogP contribution in [0, 0.1) is 17.8 Å². The molecule has 4 aromatic carbocycles. The number of amides is 1. The van der Waals surface area contributed by atoms with E-state index in [1.807, 2.05) is 65.6 Å². The number of phenolic OH excluding ortho intramolecular Hbond substituents is 1. The highest BCUT2D eigenvalue weighted by Gasteiger charge is 2.74. The van der Waals surface area contributed by atoms with Gasteiger partial charge in [0.1, 0.15) is 29.2 Å². The van der Waals surface area contributed by atoms with Gasteiger partial charge >= 0.3 is 11.9 Å². The Kier molecular flexibility index (Phi) is 7.32. The number of benzene rings is 4. The number of carbonyl (C=O) groups excluding carboxylic acids is 2. The van der Waals surface area contributed by atoms with E-state index in [1.54, 1.807) is 30.3 Å². The Morgan fingerprint density at radius 3 is 2.20 bits per heavy atom. The largest absolute Gasteiger partial charge is 0.508 e. The molecule has 4 N–H and O–H groups in total. The normalized spacial score (nSPS) is 26.4. The summed E-state index contributed by atoms with van der Waals surface area (Å²) in [6.45, 7) is -0.117. The van der Waals surface area contributed by atoms with E-state index >= 15 is 0 Å². The molecule has 2 saturated heterocycles. The summed E-state index contributed by atoms with van der Waals surface area (Å²) in [5.41, 5.74) is 1.62. The summed E-state index contributed by atoms with van der Waals surface area (Å²) in [6, 6.07) is 27.1. The van der Waals surface area contributed by atoms with E-state index in [1.165, 1.54) is 12.1 Å². The molecule has 6 atom stereocenters. The average molecular weight is 615 g/mol. The second-order valence-electron chi connectivity index (χ2n) is 11.7. The van der Waals surface area contributed by atoms with Crippen molar-refractivity contribution in [3.8, 4) is 17.6 Å². The summed E-state index contributed by atoms with van der Waals surface area (Å²) >= 11 is 0. The lowest BCUT2D eigenvalue weighted by Gasteiger charge is -2.46. The first-order valence-corrected chi connectivity index (χ1v) is 15.0. The third-order valence-electron chi connectivity index (χ3n) is 9.25. The zero-order chi connectivity index (χ0) is 32.0. The number of nitrogens with one attached hydrogen (secondary N) is 1. The van der Waals surface area contributed by atoms with Crippen LogP contribution in [0.1, 0.15) is 52.4 Å². The molecule has 4 aromatic rings. The van der Waals surface area contributed by atoms with Gasteiger partial charge in [0.25, 0.3) is 0 Å². The van der Waals surface area contributed by atoms with Crippen LogP contribution < -0.4 is 5.32 Å². The number of cyclic esters (lactones) is 1. The minimum Gasteiger partial charge on any atom is -0.508 e. The van der Waals surface area contributed by atoms with Crippen molar-refractivity contribution in [3.05, 3.63) is 131 Å². The highest BCUT2D eigenvalue weighted by Crippen LogP contribution is 2.64. The molecule has 0 saturated carbocycles. The van der Waals surface area contributed by atoms with E-state index in [2.05, 4.69) is 17.2 Å². The number of aliphatic carboxylic acids is 1. The number of ether oxygens (including phenoxy) is 1. The number of esters is 1. The van der Waals surface area contributed by atoms with E-state index in [0.717, 1.165) is 11.1 Å². The van der Waals surface area contributed by atoms with Crippen molar-refractivity contribution in [1.29, 1.82) is 0 Å². The molecule has 0 unspecified atom stereocenters. The number of aliphatic hydroxyl groups excluding tert-OH is 1. The van der Waals surface area contributed by atoms with Crippen LogP contribution in [-0.2, 0) is 24.5 Å². The van der Waals surface area contributed by atoms with Gasteiger partial charge in [0.15, 0.2) is 0 Å². The van der Waals surface area contributed by atoms with Gasteiger partial charge in [-0.3, -0.25) is 19.3 Å². The minimum atomic E-state index is -1.80. The van der Waals surface area contributed by atoms with Gasteiger partial charge in [-0.2, -0.15) is 0 Å². The summed E-state index contributed by atoms with van der Waals surface area (Å²) in [5.74, 6) is 1.72. The molecule has 1 amide bonds. The van der Waals surface area contributed by atoms with Gasteiger partial charge in [0, 0.05) is 17.7 Å². The molecule has 0 aromatic heterocycles. The maximum absolute atomic E-state index is 14.6. The maximum Gasteiger partial charge on any atom is 0.325 e. The van der Waals surface area contributed by atoms with E-state index in [0.29, 0.717) is 22.4 Å². The van der Waals surface area contributed by atoms with Crippen LogP contribution >= 0.6 is 0 Å². The summed E-state index contributed by atoms with van der Waals surface area (Å²) < 4.78 is 6.19. The molecule has 0 bridgehead atoms. The summed E-state index contributed by atoms with van der Waals surface area (Å²) in [5, 5.41) is 33.4. The summed E-state index contributed by atoms with van der Waals surface area (Å²) in [6.07, 6.45) is -0.578. The quantitative estimate of drug-likeness (QED) is 0.191. The first-order valence-electron chi connectivity index (χ1n) is 15.0. The smallest absolute Gasteiger partial charge is 0.325 e. The van der Waals surface area contributed by atoms with E-state index < -0.39 is 53.4 Å². The number of fused-ring (bicyclic) bond motifs is 3. The van der Waals surface area contributed by atoms with E-state index in [4.69, 9.17) is 4.74 Å². The van der Waals surface area contributed by atoms with Crippen LogP contribution in [0.25, 0.3) is 0 Å². The molecule has 2 fully saturated rings. The number of morpholine rings is 1. The number of carbonyl (C=O) groups is 3. The van der Waals surface area contributed by atoms with Crippen molar-refractivity contribution in [2.45, 2.75) is 36.1 Å². The Balaban J connectivity index is 1.54. The van der Waals surface area contributed by atoms with Crippen molar-refractivity contribution < 1.29 is 34.4 Å². The second-order valence-corrected chi connectivity index (χ2v) is 11.7. The summed E-state index contributed by atoms with van der Waals surface area (Å²) in [4.78, 5) is 44.2. The fraction of sp³-hybridized carbons (Fsp3) is 0.216. The monoisotopic (exact) mass is 614 g/mol. The number of aromatic hydroxyl groups is 1. The number of carboxylic acids is 1. The number of rotatable bonds is 5. The zero-order valence-electron chi connectivity index (χ0n) is 24.5. The average Bonchev–Trinajstić information content (AvgIpc) is 3.54. The lowest BCUT2D eigenvalue weighted by Crippen LogP contribution is -2.52. The molecule has 3 aliphatic heterocycles. The van der Waals surface area contributed by atoms with Crippen molar-refractivity contribution in [2.75, 3.05) is 11.9 Å². The second kappa shape index (κ2) is 11.5. The molecule has 3 aliphatic rings. The topological polar surface area (TPSA) is 136 Å². The molecule has 3 heterocycles. The Hall–Kier alpha value is -5.43. The third kappa shape index (κ3) is 4.45. The predicted molar refractivity (Wildman–Crippen MR) is 167 cm³/mol. The van der Waals surface area contributed by atoms with Crippen LogP contribution in [0.15, 0.2) is 103 Å². The van der Waals surface area contributed by atoms with Crippen LogP contribution in [0.3, 0.4) is 0 Å². The number of carboxylic acid groups (broad SMARTS) is 1. The number of hydrogen-bond acceptors (Lipinski definition) is 7. The maximum atomic E-state index is 14.6. The standard InChI is InChI=1S/C37H30N2O7/c40-20-8-7-9-22-14-19-28-27(21-22)37(36(45)38-28)29(34(42)43)31-35(44)46-32(24-12-5-2-6-13-24)30(23-10-3-1-4-11-23)39(31)33(37)25-15-17-26(41)18-16-25/h1-6,10-19,21,29-33,40-41H,8,20H2,(H,38,45)(H,42,43)/t29-,30-,31-,32+,33+,37-/m0/s1. The van der Waals surface area contributed by atoms with Crippen molar-refractivity contribution in [1.82, 2.24) is 4.90 Å². The van der Waals surface area contributed by atoms with E-state index in [9.17, 15) is 29.7 Å². The lowest BCUT2D eigenvalue weighted by molar-refractivity contribution is -0.179. The van der Waals surface area contributed by atoms with Gasteiger partial charge in [-0.25, -0.2) is 0 Å². The SMILES string of the molecule is O=C1O[C@H](c2ccccc2)[C@H](c2ccccc2)N2[C@H]1[C@@H](C(=O)O)[C@]1(C(=O)Nc3ccc(C#CCCO)cc31)[C@H]2c1ccc(O)cc1. The number of phenols is 1. The molecular weight excluding hydrogens is 584 g/mol. The Morgan fingerprint density at radius 2 is 1.54 bits per heavy atom. The Labute approximate surface area is 265 Å². The molecule has 46 heavy (non-hydrogen) atoms. The van der Waals surface area contributed by atoms with Gasteiger partial charge in [-0.05, 0) is 52.6 Å². The van der Waals surface area contributed by atoms with Gasteiger partial charge in [0.2, 0.25) is 5.91 Å². The lowest BCUT2D eigenvalue weighted by atomic mass is 9.65. The number of aliphatic hydroxyl groups is 1. The predicted octanol–water partition coefficient (Wildman–Crippen LogP) is 4.48. The number of anilines is 1. The highest BCUT2D eigenvalue weighted by atomic mass is 16.6. The number of hydrogen-bond donors (Lipinski definition) is 4. The highest BCUT2D eigenvalue weighted by molar-refractivity contribution is 6.11. The first-order chi connectivity index (χ1) is 22.4. The van der Waals surface area contributed by atoms with Crippen LogP contribution in [0.5, 0.6) is 5.75 Å². The van der Waals surface area contributed by atoms with Gasteiger partial charge < -0.3 is 25.4 Å². The molecule has 9 nitrogen and oxygen atoms in total. The van der Waals surface area contributed by atoms with Gasteiger partial charge in [-0.1, -0.05) is 84.6 Å². The van der Waals surface area contributed by atoms with E-state index in [-0.39, 0.29) is 18.8 Å². The summed E-state index contributed by atoms with van der Waals surface area (Å²) in [7, 11) is 0. The fourth-order valence-electron chi connectivity index (χ4n) is 7.53. The van der Waals surface area contributed by atoms with Crippen LogP contribution in [0.2, 0.25) is 0 Å². The van der Waals surface area contributed by atoms with Gasteiger partial charge in [-0.15, -0.1) is 0 Å². The van der Waals surface area contributed by atoms with Crippen LogP contribution in [0.4, 0.5) is 5.69 Å². The molecule has 9 heteroatoms. The molecule has 0 radical (unpaired) electrons. The molecule has 230 valence electrons. The molecule has 0 aliphatic carbocycles. The van der Waals surface area contributed by atoms with Crippen molar-refractivity contribution in [2.24, 2.45) is 5.92 Å². The first kappa shape index (κ1) is 29.3. The zero-order valence-corrected chi connectivity index (χ0v) is 24.5. The van der Waals surface area contributed by atoms with Crippen molar-refractivity contribution >= 4 is 23.5 Å². The fourth-order valence-corrected chi connectivity index (χ4v) is 7.53.